The number of carbonyl (C=O) groups excluding carboxylic acids is 1. The van der Waals surface area contributed by atoms with Crippen LogP contribution in [0.5, 0.6) is 0 Å². The quantitative estimate of drug-likeness (QED) is 0.931. The van der Waals surface area contributed by atoms with Crippen molar-refractivity contribution >= 4 is 11.6 Å². The van der Waals surface area contributed by atoms with E-state index >= 15 is 0 Å². The summed E-state index contributed by atoms with van der Waals surface area (Å²) < 4.78 is 32.7. The van der Waals surface area contributed by atoms with Crippen LogP contribution in [-0.2, 0) is 9.53 Å². The lowest BCUT2D eigenvalue weighted by Crippen LogP contribution is -2.52. The fraction of sp³-hybridized carbons (Fsp3) is 0.533. The number of nitrogens with one attached hydrogen (secondary N) is 1. The first-order valence-corrected chi connectivity index (χ1v) is 7.03. The molecule has 0 bridgehead atoms. The predicted molar refractivity (Wildman–Crippen MR) is 76.0 cm³/mol. The van der Waals surface area contributed by atoms with Crippen LogP contribution in [0.2, 0.25) is 0 Å². The topological polar surface area (TPSA) is 41.6 Å². The largest absolute Gasteiger partial charge is 0.373 e. The third-order valence-corrected chi connectivity index (χ3v) is 3.59. The molecular weight excluding hydrogens is 278 g/mol. The lowest BCUT2D eigenvalue weighted by molar-refractivity contribution is -0.126. The van der Waals surface area contributed by atoms with Gasteiger partial charge in [-0.3, -0.25) is 9.69 Å². The molecule has 2 rings (SSSR count). The fourth-order valence-electron chi connectivity index (χ4n) is 2.54. The Morgan fingerprint density at radius 3 is 2.33 bits per heavy atom. The molecule has 116 valence electrons. The number of morpholine rings is 1. The molecular formula is C15H20F2N2O2. The molecule has 1 aromatic carbocycles. The van der Waals surface area contributed by atoms with Crippen molar-refractivity contribution in [2.45, 2.75) is 39.0 Å². The molecule has 1 fully saturated rings. The number of ether oxygens (including phenoxy) is 1. The van der Waals surface area contributed by atoms with Gasteiger partial charge in [0.1, 0.15) is 17.3 Å². The normalized spacial score (nSPS) is 24.6. The number of benzene rings is 1. The maximum Gasteiger partial charge on any atom is 0.241 e. The van der Waals surface area contributed by atoms with Gasteiger partial charge in [0.2, 0.25) is 5.91 Å². The molecule has 1 N–H and O–H groups in total. The monoisotopic (exact) mass is 298 g/mol. The van der Waals surface area contributed by atoms with E-state index in [0.717, 1.165) is 12.1 Å². The first-order valence-electron chi connectivity index (χ1n) is 7.03. The second-order valence-electron chi connectivity index (χ2n) is 5.47. The molecule has 1 aliphatic heterocycles. The molecule has 0 saturated carbocycles. The molecule has 3 atom stereocenters. The Labute approximate surface area is 123 Å². The summed E-state index contributed by atoms with van der Waals surface area (Å²) in [5.74, 6) is -1.99. The summed E-state index contributed by atoms with van der Waals surface area (Å²) in [7, 11) is 0. The molecule has 1 aromatic rings. The van der Waals surface area contributed by atoms with Crippen LogP contribution in [0.3, 0.4) is 0 Å². The summed E-state index contributed by atoms with van der Waals surface area (Å²) in [6, 6.07) is 3.00. The van der Waals surface area contributed by atoms with E-state index in [9.17, 15) is 13.6 Å². The van der Waals surface area contributed by atoms with Gasteiger partial charge in [0.15, 0.2) is 0 Å². The zero-order valence-corrected chi connectivity index (χ0v) is 12.4. The highest BCUT2D eigenvalue weighted by Crippen LogP contribution is 2.20. The van der Waals surface area contributed by atoms with Gasteiger partial charge in [-0.25, -0.2) is 8.78 Å². The van der Waals surface area contributed by atoms with Crippen molar-refractivity contribution in [3.63, 3.8) is 0 Å². The summed E-state index contributed by atoms with van der Waals surface area (Å²) >= 11 is 0. The number of rotatable bonds is 3. The molecule has 21 heavy (non-hydrogen) atoms. The Kier molecular flexibility index (Phi) is 4.90. The van der Waals surface area contributed by atoms with Crippen molar-refractivity contribution < 1.29 is 18.3 Å². The Morgan fingerprint density at radius 1 is 1.29 bits per heavy atom. The van der Waals surface area contributed by atoms with Crippen LogP contribution in [0.15, 0.2) is 18.2 Å². The molecule has 4 nitrogen and oxygen atoms in total. The van der Waals surface area contributed by atoms with Crippen molar-refractivity contribution in [1.29, 1.82) is 0 Å². The SMILES string of the molecule is CC1CN(C(C)C(=O)Nc2c(F)cccc2F)CC(C)O1. The van der Waals surface area contributed by atoms with E-state index < -0.39 is 29.3 Å². The van der Waals surface area contributed by atoms with Gasteiger partial charge < -0.3 is 10.1 Å². The van der Waals surface area contributed by atoms with Crippen LogP contribution in [0.25, 0.3) is 0 Å². The van der Waals surface area contributed by atoms with E-state index in [-0.39, 0.29) is 12.2 Å². The summed E-state index contributed by atoms with van der Waals surface area (Å²) in [5, 5.41) is 2.33. The molecule has 1 aliphatic rings. The molecule has 0 aliphatic carbocycles. The third-order valence-electron chi connectivity index (χ3n) is 3.59. The first kappa shape index (κ1) is 15.9. The molecule has 1 saturated heterocycles. The van der Waals surface area contributed by atoms with Crippen LogP contribution >= 0.6 is 0 Å². The molecule has 6 heteroatoms. The van der Waals surface area contributed by atoms with Gasteiger partial charge in [0.05, 0.1) is 18.2 Å². The van der Waals surface area contributed by atoms with Gasteiger partial charge in [0.25, 0.3) is 0 Å². The second kappa shape index (κ2) is 6.49. The number of hydrogen-bond acceptors (Lipinski definition) is 3. The average molecular weight is 298 g/mol. The summed E-state index contributed by atoms with van der Waals surface area (Å²) in [6.45, 7) is 6.81. The van der Waals surface area contributed by atoms with Gasteiger partial charge in [0, 0.05) is 13.1 Å². The number of hydrogen-bond donors (Lipinski definition) is 1. The van der Waals surface area contributed by atoms with Crippen LogP contribution in [0, 0.1) is 11.6 Å². The minimum absolute atomic E-state index is 0.0224. The lowest BCUT2D eigenvalue weighted by Gasteiger charge is -2.38. The van der Waals surface area contributed by atoms with Crippen molar-refractivity contribution in [3.8, 4) is 0 Å². The molecule has 1 amide bonds. The van der Waals surface area contributed by atoms with E-state index in [0.29, 0.717) is 13.1 Å². The highest BCUT2D eigenvalue weighted by atomic mass is 19.1. The maximum atomic E-state index is 13.6. The lowest BCUT2D eigenvalue weighted by atomic mass is 10.1. The number of anilines is 1. The third kappa shape index (κ3) is 3.77. The number of para-hydroxylation sites is 1. The minimum atomic E-state index is -0.778. The molecule has 0 spiro atoms. The Bertz CT molecular complexity index is 494. The van der Waals surface area contributed by atoms with E-state index in [2.05, 4.69) is 5.32 Å². The zero-order valence-electron chi connectivity index (χ0n) is 12.4. The zero-order chi connectivity index (χ0) is 15.6. The standard InChI is InChI=1S/C15H20F2N2O2/c1-9-7-19(8-10(2)21-9)11(3)15(20)18-14-12(16)5-4-6-13(14)17/h4-6,9-11H,7-8H2,1-3H3,(H,18,20). The first-order chi connectivity index (χ1) is 9.88. The summed E-state index contributed by atoms with van der Waals surface area (Å²) in [6.07, 6.45) is 0.0448. The maximum absolute atomic E-state index is 13.6. The Morgan fingerprint density at radius 2 is 1.81 bits per heavy atom. The molecule has 3 unspecified atom stereocenters. The molecule has 1 heterocycles. The predicted octanol–water partition coefficient (Wildman–Crippen LogP) is 2.40. The van der Waals surface area contributed by atoms with Crippen LogP contribution in [-0.4, -0.2) is 42.1 Å². The average Bonchev–Trinajstić information content (AvgIpc) is 2.41. The number of nitrogens with zero attached hydrogens (tertiary/aromatic N) is 1. The van der Waals surface area contributed by atoms with Gasteiger partial charge >= 0.3 is 0 Å². The van der Waals surface area contributed by atoms with E-state index in [1.54, 1.807) is 6.92 Å². The van der Waals surface area contributed by atoms with Crippen LogP contribution in [0.1, 0.15) is 20.8 Å². The summed E-state index contributed by atoms with van der Waals surface area (Å²) in [4.78, 5) is 14.2. The van der Waals surface area contributed by atoms with Crippen molar-refractivity contribution in [1.82, 2.24) is 4.90 Å². The molecule has 0 aromatic heterocycles. The van der Waals surface area contributed by atoms with Gasteiger partial charge in [-0.1, -0.05) is 6.07 Å². The highest BCUT2D eigenvalue weighted by molar-refractivity contribution is 5.94. The van der Waals surface area contributed by atoms with E-state index in [1.165, 1.54) is 6.07 Å². The molecule has 0 radical (unpaired) electrons. The number of halogens is 2. The van der Waals surface area contributed by atoms with Crippen LogP contribution in [0.4, 0.5) is 14.5 Å². The van der Waals surface area contributed by atoms with Gasteiger partial charge in [-0.2, -0.15) is 0 Å². The second-order valence-corrected chi connectivity index (χ2v) is 5.47. The highest BCUT2D eigenvalue weighted by Gasteiger charge is 2.29. The van der Waals surface area contributed by atoms with Gasteiger partial charge in [-0.05, 0) is 32.9 Å². The van der Waals surface area contributed by atoms with E-state index in [4.69, 9.17) is 4.74 Å². The van der Waals surface area contributed by atoms with Crippen molar-refractivity contribution in [2.75, 3.05) is 18.4 Å². The van der Waals surface area contributed by atoms with E-state index in [1.807, 2.05) is 18.7 Å². The van der Waals surface area contributed by atoms with Crippen molar-refractivity contribution in [3.05, 3.63) is 29.8 Å². The fourth-order valence-corrected chi connectivity index (χ4v) is 2.54. The Balaban J connectivity index is 2.06. The van der Waals surface area contributed by atoms with Gasteiger partial charge in [-0.15, -0.1) is 0 Å². The Hall–Kier alpha value is -1.53. The summed E-state index contributed by atoms with van der Waals surface area (Å²) in [5.41, 5.74) is -0.399. The smallest absolute Gasteiger partial charge is 0.241 e. The van der Waals surface area contributed by atoms with Crippen molar-refractivity contribution in [2.24, 2.45) is 0 Å². The number of carbonyl (C=O) groups is 1. The number of amides is 1. The minimum Gasteiger partial charge on any atom is -0.373 e. The van der Waals surface area contributed by atoms with Crippen LogP contribution < -0.4 is 5.32 Å².